The number of primary amides is 1. The number of carboxylic acid groups (broad SMARTS) is 1. The molecule has 120 valence electrons. The Morgan fingerprint density at radius 3 is 2.38 bits per heavy atom. The summed E-state index contributed by atoms with van der Waals surface area (Å²) in [6, 6.07) is -1.03. The molecule has 0 spiro atoms. The predicted octanol–water partition coefficient (Wildman–Crippen LogP) is 1.57. The van der Waals surface area contributed by atoms with Gasteiger partial charge in [-0.25, -0.2) is 4.79 Å². The van der Waals surface area contributed by atoms with Crippen molar-refractivity contribution in [1.29, 1.82) is 0 Å². The molecule has 0 heterocycles. The molecule has 1 aliphatic rings. The average molecular weight is 298 g/mol. The maximum atomic E-state index is 11.8. The Hall–Kier alpha value is -1.59. The van der Waals surface area contributed by atoms with Gasteiger partial charge in [0.05, 0.1) is 0 Å². The lowest BCUT2D eigenvalue weighted by molar-refractivity contribution is -0.142. The number of carbonyl (C=O) groups excluding carboxylic acids is 2. The lowest BCUT2D eigenvalue weighted by Gasteiger charge is -2.21. The fourth-order valence-electron chi connectivity index (χ4n) is 2.84. The molecule has 0 saturated heterocycles. The smallest absolute Gasteiger partial charge is 0.326 e. The highest BCUT2D eigenvalue weighted by Crippen LogP contribution is 2.27. The summed E-state index contributed by atoms with van der Waals surface area (Å²) in [6.07, 6.45) is 8.55. The third kappa shape index (κ3) is 7.68. The minimum Gasteiger partial charge on any atom is -0.480 e. The Balaban J connectivity index is 2.22. The molecule has 1 unspecified atom stereocenters. The van der Waals surface area contributed by atoms with Crippen LogP contribution in [0.2, 0.25) is 0 Å². The van der Waals surface area contributed by atoms with Crippen LogP contribution in [-0.4, -0.2) is 28.9 Å². The van der Waals surface area contributed by atoms with E-state index < -0.39 is 17.9 Å². The molecule has 0 aromatic heterocycles. The molecule has 0 aliphatic heterocycles. The zero-order chi connectivity index (χ0) is 15.7. The van der Waals surface area contributed by atoms with Gasteiger partial charge in [-0.05, 0) is 25.2 Å². The number of aliphatic carboxylic acids is 1. The first-order valence-electron chi connectivity index (χ1n) is 7.79. The Kier molecular flexibility index (Phi) is 7.79. The molecule has 1 aliphatic carbocycles. The topological polar surface area (TPSA) is 109 Å². The Morgan fingerprint density at radius 1 is 1.14 bits per heavy atom. The van der Waals surface area contributed by atoms with Gasteiger partial charge in [0.15, 0.2) is 0 Å². The van der Waals surface area contributed by atoms with E-state index in [2.05, 4.69) is 5.32 Å². The molecule has 6 nitrogen and oxygen atoms in total. The first-order chi connectivity index (χ1) is 9.99. The van der Waals surface area contributed by atoms with Crippen molar-refractivity contribution in [3.8, 4) is 0 Å². The minimum atomic E-state index is -1.13. The molecule has 1 saturated carbocycles. The van der Waals surface area contributed by atoms with Crippen LogP contribution in [0.4, 0.5) is 0 Å². The molecule has 4 N–H and O–H groups in total. The molecule has 1 rings (SSSR count). The van der Waals surface area contributed by atoms with Crippen molar-refractivity contribution in [2.45, 2.75) is 70.3 Å². The van der Waals surface area contributed by atoms with Gasteiger partial charge in [0.25, 0.3) is 0 Å². The molecule has 21 heavy (non-hydrogen) atoms. The average Bonchev–Trinajstić information content (AvgIpc) is 2.44. The van der Waals surface area contributed by atoms with Gasteiger partial charge in [-0.3, -0.25) is 9.59 Å². The first-order valence-corrected chi connectivity index (χ1v) is 7.79. The van der Waals surface area contributed by atoms with Crippen molar-refractivity contribution < 1.29 is 19.5 Å². The monoisotopic (exact) mass is 298 g/mol. The maximum absolute atomic E-state index is 11.8. The highest BCUT2D eigenvalue weighted by molar-refractivity contribution is 5.84. The van der Waals surface area contributed by atoms with Gasteiger partial charge in [0.2, 0.25) is 11.8 Å². The first kappa shape index (κ1) is 17.5. The van der Waals surface area contributed by atoms with Crippen LogP contribution in [0.3, 0.4) is 0 Å². The van der Waals surface area contributed by atoms with Crippen LogP contribution >= 0.6 is 0 Å². The number of rotatable bonds is 9. The van der Waals surface area contributed by atoms with E-state index in [4.69, 9.17) is 10.8 Å². The van der Waals surface area contributed by atoms with Crippen LogP contribution < -0.4 is 11.1 Å². The van der Waals surface area contributed by atoms with Crippen LogP contribution in [0.5, 0.6) is 0 Å². The fourth-order valence-corrected chi connectivity index (χ4v) is 2.84. The summed E-state index contributed by atoms with van der Waals surface area (Å²) in [5.41, 5.74) is 4.99. The summed E-state index contributed by atoms with van der Waals surface area (Å²) in [5.74, 6) is -1.23. The number of nitrogens with one attached hydrogen (secondary N) is 1. The van der Waals surface area contributed by atoms with Gasteiger partial charge in [-0.2, -0.15) is 0 Å². The Morgan fingerprint density at radius 2 is 1.81 bits per heavy atom. The molecule has 1 atom stereocenters. The van der Waals surface area contributed by atoms with Gasteiger partial charge >= 0.3 is 5.97 Å². The normalized spacial score (nSPS) is 17.1. The van der Waals surface area contributed by atoms with E-state index in [-0.39, 0.29) is 18.7 Å². The lowest BCUT2D eigenvalue weighted by Crippen LogP contribution is -2.41. The second-order valence-electron chi connectivity index (χ2n) is 5.86. The van der Waals surface area contributed by atoms with E-state index in [0.717, 1.165) is 18.8 Å². The summed E-state index contributed by atoms with van der Waals surface area (Å²) in [6.45, 7) is 0. The van der Waals surface area contributed by atoms with E-state index in [1.807, 2.05) is 0 Å². The number of amides is 2. The van der Waals surface area contributed by atoms with Crippen LogP contribution in [-0.2, 0) is 14.4 Å². The number of carbonyl (C=O) groups is 3. The highest BCUT2D eigenvalue weighted by Gasteiger charge is 2.20. The van der Waals surface area contributed by atoms with Crippen molar-refractivity contribution in [3.05, 3.63) is 0 Å². The van der Waals surface area contributed by atoms with Crippen molar-refractivity contribution in [3.63, 3.8) is 0 Å². The van der Waals surface area contributed by atoms with Gasteiger partial charge in [-0.15, -0.1) is 0 Å². The van der Waals surface area contributed by atoms with Gasteiger partial charge < -0.3 is 16.2 Å². The SMILES string of the molecule is NC(=O)CCC(NC(=O)CCCC1CCCCC1)C(=O)O. The highest BCUT2D eigenvalue weighted by atomic mass is 16.4. The van der Waals surface area contributed by atoms with Crippen molar-refractivity contribution >= 4 is 17.8 Å². The largest absolute Gasteiger partial charge is 0.480 e. The quantitative estimate of drug-likeness (QED) is 0.600. The fraction of sp³-hybridized carbons (Fsp3) is 0.800. The third-order valence-corrected chi connectivity index (χ3v) is 4.05. The molecule has 0 aromatic rings. The number of nitrogens with two attached hydrogens (primary N) is 1. The molecule has 1 fully saturated rings. The van der Waals surface area contributed by atoms with E-state index in [1.165, 1.54) is 32.1 Å². The van der Waals surface area contributed by atoms with E-state index >= 15 is 0 Å². The van der Waals surface area contributed by atoms with Crippen LogP contribution in [0.25, 0.3) is 0 Å². The van der Waals surface area contributed by atoms with Gasteiger partial charge in [0.1, 0.15) is 6.04 Å². The standard InChI is InChI=1S/C15H26N2O4/c16-13(18)10-9-12(15(20)21)17-14(19)8-4-7-11-5-2-1-3-6-11/h11-12H,1-10H2,(H2,16,18)(H,17,19)(H,20,21). The molecule has 0 bridgehead atoms. The maximum Gasteiger partial charge on any atom is 0.326 e. The minimum absolute atomic E-state index is 0.0407. The Bertz CT molecular complexity index is 365. The molecule has 6 heteroatoms. The van der Waals surface area contributed by atoms with E-state index in [9.17, 15) is 14.4 Å². The summed E-state index contributed by atoms with van der Waals surface area (Å²) >= 11 is 0. The number of hydrogen-bond donors (Lipinski definition) is 3. The second kappa shape index (κ2) is 9.37. The Labute approximate surface area is 125 Å². The molecule has 0 radical (unpaired) electrons. The molecular formula is C15H26N2O4. The number of hydrogen-bond acceptors (Lipinski definition) is 3. The predicted molar refractivity (Wildman–Crippen MR) is 78.4 cm³/mol. The van der Waals surface area contributed by atoms with Crippen molar-refractivity contribution in [2.75, 3.05) is 0 Å². The summed E-state index contributed by atoms with van der Waals surface area (Å²) < 4.78 is 0. The van der Waals surface area contributed by atoms with E-state index in [1.54, 1.807) is 0 Å². The van der Waals surface area contributed by atoms with Crippen molar-refractivity contribution in [1.82, 2.24) is 5.32 Å². The lowest BCUT2D eigenvalue weighted by atomic mass is 9.86. The molecular weight excluding hydrogens is 272 g/mol. The van der Waals surface area contributed by atoms with Crippen molar-refractivity contribution in [2.24, 2.45) is 11.7 Å². The van der Waals surface area contributed by atoms with Crippen LogP contribution in [0, 0.1) is 5.92 Å². The summed E-state index contributed by atoms with van der Waals surface area (Å²) in [5, 5.41) is 11.5. The molecule has 0 aromatic carbocycles. The van der Waals surface area contributed by atoms with Gasteiger partial charge in [-0.1, -0.05) is 32.1 Å². The number of carboxylic acids is 1. The summed E-state index contributed by atoms with van der Waals surface area (Å²) in [4.78, 5) is 33.4. The second-order valence-corrected chi connectivity index (χ2v) is 5.86. The zero-order valence-corrected chi connectivity index (χ0v) is 12.5. The van der Waals surface area contributed by atoms with Crippen LogP contribution in [0.15, 0.2) is 0 Å². The molecule has 2 amide bonds. The third-order valence-electron chi connectivity index (χ3n) is 4.05. The van der Waals surface area contributed by atoms with Crippen LogP contribution in [0.1, 0.15) is 64.2 Å². The summed E-state index contributed by atoms with van der Waals surface area (Å²) in [7, 11) is 0. The van der Waals surface area contributed by atoms with E-state index in [0.29, 0.717) is 6.42 Å². The zero-order valence-electron chi connectivity index (χ0n) is 12.5. The van der Waals surface area contributed by atoms with Gasteiger partial charge in [0, 0.05) is 12.8 Å².